The predicted molar refractivity (Wildman–Crippen MR) is 204 cm³/mol. The zero-order valence-electron chi connectivity index (χ0n) is 30.2. The molecule has 10 atom stereocenters. The standard InChI is InChI=1S/C40H49BrClN3O7/c1-7-10-16-31(47)43(6)25(5)34(26-14-12-11-13-15-26)51-39(50)32-33-37(48)45(30(23-46)24(4)9-3)36(40(33)22-29(41)35(32)52-40)38(49)44(21-8-2)28-19-17-27(42)18-20-28/h7-8,11-15,17-20,24-25,29-30,32-36,46H,1-2,9-10,16,21-23H2,3-6H3/t24-,25+,29?,30-,32+,33-,34-,35+,36+,40-/m0/s1. The zero-order valence-corrected chi connectivity index (χ0v) is 32.5. The van der Waals surface area contributed by atoms with Gasteiger partial charge in [-0.15, -0.1) is 13.2 Å². The first kappa shape index (κ1) is 39.7. The number of hydrogen-bond donors (Lipinski definition) is 1. The summed E-state index contributed by atoms with van der Waals surface area (Å²) in [4.78, 5) is 61.9. The lowest BCUT2D eigenvalue weighted by molar-refractivity contribution is -0.165. The molecule has 2 aromatic carbocycles. The third-order valence-corrected chi connectivity index (χ3v) is 12.3. The van der Waals surface area contributed by atoms with Crippen molar-refractivity contribution < 1.29 is 33.8 Å². The Morgan fingerprint density at radius 1 is 1.13 bits per heavy atom. The monoisotopic (exact) mass is 797 g/mol. The number of halogens is 2. The van der Waals surface area contributed by atoms with Crippen LogP contribution in [0.2, 0.25) is 5.02 Å². The van der Waals surface area contributed by atoms with Gasteiger partial charge in [0.05, 0.1) is 36.6 Å². The number of aliphatic hydroxyl groups excluding tert-OH is 1. The number of rotatable bonds is 16. The molecule has 0 aromatic heterocycles. The lowest BCUT2D eigenvalue weighted by Gasteiger charge is -2.41. The van der Waals surface area contributed by atoms with Gasteiger partial charge in [0.25, 0.3) is 5.91 Å². The Morgan fingerprint density at radius 3 is 2.40 bits per heavy atom. The highest BCUT2D eigenvalue weighted by atomic mass is 79.9. The van der Waals surface area contributed by atoms with Gasteiger partial charge in [0.1, 0.15) is 17.7 Å². The lowest BCUT2D eigenvalue weighted by atomic mass is 9.70. The van der Waals surface area contributed by atoms with Crippen molar-refractivity contribution in [2.24, 2.45) is 17.8 Å². The zero-order chi connectivity index (χ0) is 37.9. The fourth-order valence-electron chi connectivity index (χ4n) is 8.13. The summed E-state index contributed by atoms with van der Waals surface area (Å²) in [5.41, 5.74) is -0.154. The van der Waals surface area contributed by atoms with E-state index in [4.69, 9.17) is 21.1 Å². The Hall–Kier alpha value is -3.51. The van der Waals surface area contributed by atoms with Crippen LogP contribution in [0.25, 0.3) is 0 Å². The predicted octanol–water partition coefficient (Wildman–Crippen LogP) is 6.11. The van der Waals surface area contributed by atoms with Crippen LogP contribution in [0.15, 0.2) is 79.9 Å². The summed E-state index contributed by atoms with van der Waals surface area (Å²) in [5.74, 6) is -3.92. The summed E-state index contributed by atoms with van der Waals surface area (Å²) in [6.45, 7) is 13.1. The van der Waals surface area contributed by atoms with E-state index in [0.29, 0.717) is 29.1 Å². The highest BCUT2D eigenvalue weighted by Gasteiger charge is 2.78. The number of alkyl halides is 1. The average molecular weight is 799 g/mol. The molecule has 12 heteroatoms. The van der Waals surface area contributed by atoms with Crippen LogP contribution in [0.1, 0.15) is 58.1 Å². The SMILES string of the molecule is C=CCCC(=O)N(C)[C@H](C)[C@H](OC(=O)[C@H]1[C@@H]2O[C@@]3(CC2Br)[C@@H]1C(=O)N([C@@H](CO)[C@@H](C)CC)[C@@H]3C(=O)N(CC=C)c1ccc(Cl)cc1)c1ccccc1. The molecule has 3 amide bonds. The second-order valence-corrected chi connectivity index (χ2v) is 15.7. The molecule has 3 heterocycles. The number of likely N-dealkylation sites (N-methyl/N-ethyl adjacent to an activating group) is 1. The van der Waals surface area contributed by atoms with Gasteiger partial charge in [-0.05, 0) is 55.5 Å². The molecule has 3 aliphatic heterocycles. The molecule has 0 saturated carbocycles. The Kier molecular flexibility index (Phi) is 12.7. The smallest absolute Gasteiger partial charge is 0.313 e. The molecule has 280 valence electrons. The number of aliphatic hydroxyl groups is 1. The van der Waals surface area contributed by atoms with E-state index in [9.17, 15) is 24.3 Å². The van der Waals surface area contributed by atoms with Gasteiger partial charge < -0.3 is 29.3 Å². The highest BCUT2D eigenvalue weighted by Crippen LogP contribution is 2.61. The van der Waals surface area contributed by atoms with Crippen molar-refractivity contribution in [2.75, 3.05) is 25.1 Å². The number of allylic oxidation sites excluding steroid dienone is 1. The maximum Gasteiger partial charge on any atom is 0.313 e. The number of anilines is 1. The number of fused-ring (bicyclic) bond motifs is 1. The molecule has 2 bridgehead atoms. The molecule has 1 unspecified atom stereocenters. The molecule has 10 nitrogen and oxygen atoms in total. The molecule has 1 N–H and O–H groups in total. The van der Waals surface area contributed by atoms with Crippen LogP contribution in [0, 0.1) is 17.8 Å². The van der Waals surface area contributed by atoms with E-state index in [1.54, 1.807) is 48.4 Å². The van der Waals surface area contributed by atoms with Crippen LogP contribution in [-0.4, -0.2) is 93.5 Å². The van der Waals surface area contributed by atoms with Crippen molar-refractivity contribution in [1.82, 2.24) is 9.80 Å². The van der Waals surface area contributed by atoms with Gasteiger partial charge in [0.2, 0.25) is 11.8 Å². The molecule has 52 heavy (non-hydrogen) atoms. The first-order valence-electron chi connectivity index (χ1n) is 17.9. The fraction of sp³-hybridized carbons (Fsp3) is 0.500. The molecule has 0 aliphatic carbocycles. The van der Waals surface area contributed by atoms with Crippen molar-refractivity contribution in [3.8, 4) is 0 Å². The number of likely N-dealkylation sites (tertiary alicyclic amines) is 1. The van der Waals surface area contributed by atoms with Gasteiger partial charge in [-0.25, -0.2) is 0 Å². The highest BCUT2D eigenvalue weighted by molar-refractivity contribution is 9.09. The summed E-state index contributed by atoms with van der Waals surface area (Å²) in [5, 5.41) is 11.3. The minimum absolute atomic E-state index is 0.125. The molecule has 5 rings (SSSR count). The van der Waals surface area contributed by atoms with Crippen molar-refractivity contribution >= 4 is 56.9 Å². The topological polar surface area (TPSA) is 117 Å². The van der Waals surface area contributed by atoms with Crippen LogP contribution in [0.5, 0.6) is 0 Å². The lowest BCUT2D eigenvalue weighted by Crippen LogP contribution is -2.60. The van der Waals surface area contributed by atoms with Gasteiger partial charge in [0.15, 0.2) is 0 Å². The second kappa shape index (κ2) is 16.7. The quantitative estimate of drug-likeness (QED) is 0.124. The van der Waals surface area contributed by atoms with Crippen LogP contribution in [0.3, 0.4) is 0 Å². The van der Waals surface area contributed by atoms with Gasteiger partial charge in [-0.1, -0.05) is 90.3 Å². The van der Waals surface area contributed by atoms with Gasteiger partial charge in [-0.2, -0.15) is 0 Å². The molecule has 3 fully saturated rings. The molecular formula is C40H49BrClN3O7. The van der Waals surface area contributed by atoms with Crippen molar-refractivity contribution in [1.29, 1.82) is 0 Å². The van der Waals surface area contributed by atoms with E-state index in [-0.39, 0.29) is 42.6 Å². The number of nitrogens with zero attached hydrogens (tertiary/aromatic N) is 3. The maximum atomic E-state index is 15.0. The van der Waals surface area contributed by atoms with E-state index < -0.39 is 65.6 Å². The van der Waals surface area contributed by atoms with Crippen LogP contribution < -0.4 is 4.90 Å². The van der Waals surface area contributed by atoms with E-state index in [2.05, 4.69) is 29.1 Å². The number of amides is 3. The normalized spacial score (nSPS) is 26.9. The first-order chi connectivity index (χ1) is 24.9. The largest absolute Gasteiger partial charge is 0.455 e. The summed E-state index contributed by atoms with van der Waals surface area (Å²) < 4.78 is 13.1. The minimum Gasteiger partial charge on any atom is -0.455 e. The van der Waals surface area contributed by atoms with Crippen molar-refractivity contribution in [2.45, 2.75) is 87.2 Å². The van der Waals surface area contributed by atoms with Crippen LogP contribution in [0.4, 0.5) is 5.69 Å². The number of carbonyl (C=O) groups is 4. The molecule has 3 saturated heterocycles. The van der Waals surface area contributed by atoms with Gasteiger partial charge in [0, 0.05) is 35.6 Å². The Labute approximate surface area is 319 Å². The van der Waals surface area contributed by atoms with Crippen molar-refractivity contribution in [3.05, 3.63) is 90.5 Å². The Bertz CT molecular complexity index is 1640. The number of carbonyl (C=O) groups excluding carboxylic acids is 4. The number of hydrogen-bond acceptors (Lipinski definition) is 7. The second-order valence-electron chi connectivity index (χ2n) is 14.1. The van der Waals surface area contributed by atoms with Gasteiger partial charge in [-0.3, -0.25) is 19.2 Å². The first-order valence-corrected chi connectivity index (χ1v) is 19.2. The van der Waals surface area contributed by atoms with Crippen LogP contribution >= 0.6 is 27.5 Å². The Morgan fingerprint density at radius 2 is 1.81 bits per heavy atom. The van der Waals surface area contributed by atoms with Crippen molar-refractivity contribution in [3.63, 3.8) is 0 Å². The van der Waals surface area contributed by atoms with E-state index in [1.807, 2.05) is 51.1 Å². The fourth-order valence-corrected chi connectivity index (χ4v) is 9.20. The summed E-state index contributed by atoms with van der Waals surface area (Å²) >= 11 is 9.94. The number of benzene rings is 2. The van der Waals surface area contributed by atoms with E-state index >= 15 is 0 Å². The Balaban J connectivity index is 1.57. The molecule has 3 aliphatic rings. The number of ether oxygens (including phenoxy) is 2. The minimum atomic E-state index is -1.39. The average Bonchev–Trinajstić information content (AvgIpc) is 3.75. The van der Waals surface area contributed by atoms with E-state index in [0.717, 1.165) is 0 Å². The molecular weight excluding hydrogens is 750 g/mol. The third kappa shape index (κ3) is 7.21. The molecule has 1 spiro atoms. The van der Waals surface area contributed by atoms with Crippen LogP contribution in [-0.2, 0) is 28.7 Å². The number of esters is 1. The van der Waals surface area contributed by atoms with E-state index in [1.165, 1.54) is 9.80 Å². The summed E-state index contributed by atoms with van der Waals surface area (Å²) in [6, 6.07) is 13.6. The summed E-state index contributed by atoms with van der Waals surface area (Å²) in [6.07, 6.45) is 3.34. The third-order valence-electron chi connectivity index (χ3n) is 11.2. The molecule has 2 aromatic rings. The molecule has 0 radical (unpaired) electrons. The summed E-state index contributed by atoms with van der Waals surface area (Å²) in [7, 11) is 1.68. The van der Waals surface area contributed by atoms with Gasteiger partial charge >= 0.3 is 5.97 Å². The maximum absolute atomic E-state index is 15.0.